The van der Waals surface area contributed by atoms with Crippen LogP contribution in [0.3, 0.4) is 0 Å². The van der Waals surface area contributed by atoms with Crippen molar-refractivity contribution in [1.29, 1.82) is 0 Å². The number of hydrogen-bond donors (Lipinski definition) is 2. The van der Waals surface area contributed by atoms with E-state index < -0.39 is 22.9 Å². The zero-order valence-electron chi connectivity index (χ0n) is 14.5. The lowest BCUT2D eigenvalue weighted by molar-refractivity contribution is 0.0139. The predicted molar refractivity (Wildman–Crippen MR) is 100 cm³/mol. The van der Waals surface area contributed by atoms with E-state index in [4.69, 9.17) is 0 Å². The van der Waals surface area contributed by atoms with E-state index in [1.165, 1.54) is 0 Å². The summed E-state index contributed by atoms with van der Waals surface area (Å²) < 4.78 is 15.4. The van der Waals surface area contributed by atoms with Crippen molar-refractivity contribution in [2.24, 2.45) is 0 Å². The summed E-state index contributed by atoms with van der Waals surface area (Å²) in [7, 11) is 0. The van der Waals surface area contributed by atoms with E-state index in [9.17, 15) is 19.2 Å². The average molecular weight is 378 g/mol. The number of rotatable bonds is 4. The van der Waals surface area contributed by atoms with Gasteiger partial charge in [0.05, 0.1) is 12.2 Å². The Morgan fingerprint density at radius 1 is 1.11 bits per heavy atom. The van der Waals surface area contributed by atoms with Crippen LogP contribution >= 0.6 is 0 Å². The minimum absolute atomic E-state index is 0.0852. The Morgan fingerprint density at radius 2 is 1.75 bits per heavy atom. The molecule has 2 N–H and O–H groups in total. The fraction of sp³-hybridized carbons (Fsp3) is 0.0500. The summed E-state index contributed by atoms with van der Waals surface area (Å²) in [6, 6.07) is 19.2. The third-order valence-electron chi connectivity index (χ3n) is 4.26. The van der Waals surface area contributed by atoms with E-state index in [1.54, 1.807) is 36.4 Å². The Balaban J connectivity index is 1.72. The first kappa shape index (κ1) is 17.5. The maximum absolute atomic E-state index is 14.4. The van der Waals surface area contributed by atoms with Crippen molar-refractivity contribution < 1.29 is 14.4 Å². The number of hydrogen-bond acceptors (Lipinski definition) is 4. The number of aromatic amines is 1. The molecule has 0 aliphatic rings. The summed E-state index contributed by atoms with van der Waals surface area (Å²) in [4.78, 5) is 28.8. The van der Waals surface area contributed by atoms with Gasteiger partial charge in [0.2, 0.25) is 5.75 Å². The molecule has 0 saturated heterocycles. The third kappa shape index (κ3) is 3.11. The number of carbonyl (C=O) groups excluding carboxylic acids is 1. The molecule has 0 aliphatic carbocycles. The number of aromatic hydroxyl groups is 1. The summed E-state index contributed by atoms with van der Waals surface area (Å²) in [5, 5.41) is 12.9. The van der Waals surface area contributed by atoms with Crippen LogP contribution < -0.4 is 5.56 Å². The number of nitrogens with zero attached hydrogens (tertiary/aromatic N) is 3. The Hall–Kier alpha value is -3.94. The molecular formula is C20H15FN4O3. The first-order chi connectivity index (χ1) is 13.5. The number of aromatic nitrogens is 3. The van der Waals surface area contributed by atoms with Crippen LogP contribution in [0.2, 0.25) is 0 Å². The summed E-state index contributed by atoms with van der Waals surface area (Å²) in [6.45, 7) is -0.331. The van der Waals surface area contributed by atoms with Gasteiger partial charge in [-0.15, -0.1) is 0 Å². The van der Waals surface area contributed by atoms with Gasteiger partial charge < -0.3 is 5.11 Å². The molecular weight excluding hydrogens is 363 g/mol. The Kier molecular flexibility index (Phi) is 4.36. The molecule has 140 valence electrons. The Labute approximate surface area is 158 Å². The van der Waals surface area contributed by atoms with Crippen LogP contribution in [0.4, 0.5) is 4.48 Å². The van der Waals surface area contributed by atoms with E-state index in [-0.39, 0.29) is 17.3 Å². The zero-order chi connectivity index (χ0) is 19.7. The van der Waals surface area contributed by atoms with E-state index in [2.05, 4.69) is 10.1 Å². The van der Waals surface area contributed by atoms with Gasteiger partial charge in [0.1, 0.15) is 0 Å². The van der Waals surface area contributed by atoms with Gasteiger partial charge in [0.15, 0.2) is 11.3 Å². The molecule has 4 rings (SSSR count). The van der Waals surface area contributed by atoms with E-state index >= 15 is 0 Å². The van der Waals surface area contributed by atoms with Gasteiger partial charge in [-0.3, -0.25) is 14.7 Å². The maximum atomic E-state index is 14.4. The lowest BCUT2D eigenvalue weighted by atomic mass is 10.2. The van der Waals surface area contributed by atoms with Crippen LogP contribution in [0, 0.1) is 0 Å². The van der Waals surface area contributed by atoms with Gasteiger partial charge in [-0.1, -0.05) is 65.1 Å². The zero-order valence-corrected chi connectivity index (χ0v) is 14.5. The van der Waals surface area contributed by atoms with Gasteiger partial charge in [-0.05, 0) is 11.1 Å². The molecule has 4 aromatic rings. The van der Waals surface area contributed by atoms with Gasteiger partial charge in [-0.25, -0.2) is 4.98 Å². The maximum Gasteiger partial charge on any atom is 0.315 e. The SMILES string of the molecule is O=C(c1nc2cc(-c3ccccc3)[nH]n2c(=O)c1O)N(F)Cc1ccccc1. The lowest BCUT2D eigenvalue weighted by Crippen LogP contribution is -2.27. The van der Waals surface area contributed by atoms with Crippen molar-refractivity contribution in [3.8, 4) is 17.0 Å². The van der Waals surface area contributed by atoms with Crippen LogP contribution in [-0.4, -0.2) is 30.7 Å². The van der Waals surface area contributed by atoms with Crippen LogP contribution in [0.5, 0.6) is 5.75 Å². The molecule has 2 aromatic heterocycles. The van der Waals surface area contributed by atoms with Crippen molar-refractivity contribution in [2.75, 3.05) is 0 Å². The second kappa shape index (κ2) is 6.99. The molecule has 8 heteroatoms. The van der Waals surface area contributed by atoms with Crippen molar-refractivity contribution >= 4 is 11.6 Å². The molecule has 28 heavy (non-hydrogen) atoms. The van der Waals surface area contributed by atoms with Crippen LogP contribution in [0.1, 0.15) is 16.1 Å². The quantitative estimate of drug-likeness (QED) is 0.534. The molecule has 7 nitrogen and oxygen atoms in total. The normalized spacial score (nSPS) is 10.9. The highest BCUT2D eigenvalue weighted by molar-refractivity contribution is 5.94. The predicted octanol–water partition coefficient (Wildman–Crippen LogP) is 2.92. The summed E-state index contributed by atoms with van der Waals surface area (Å²) in [5.74, 6) is -2.11. The average Bonchev–Trinajstić information content (AvgIpc) is 3.16. The molecule has 0 bridgehead atoms. The van der Waals surface area contributed by atoms with Crippen molar-refractivity contribution in [3.05, 3.63) is 88.3 Å². The van der Waals surface area contributed by atoms with E-state index in [0.29, 0.717) is 11.3 Å². The number of nitrogens with one attached hydrogen (secondary N) is 1. The van der Waals surface area contributed by atoms with Gasteiger partial charge >= 0.3 is 11.5 Å². The minimum Gasteiger partial charge on any atom is -0.501 e. The Bertz CT molecular complexity index is 1200. The van der Waals surface area contributed by atoms with E-state index in [1.807, 2.05) is 30.3 Å². The lowest BCUT2D eigenvalue weighted by Gasteiger charge is -2.12. The smallest absolute Gasteiger partial charge is 0.315 e. The van der Waals surface area contributed by atoms with Crippen LogP contribution in [-0.2, 0) is 6.54 Å². The number of H-pyrrole nitrogens is 1. The number of carbonyl (C=O) groups is 1. The fourth-order valence-corrected chi connectivity index (χ4v) is 2.86. The number of amides is 1. The van der Waals surface area contributed by atoms with Crippen molar-refractivity contribution in [1.82, 2.24) is 19.7 Å². The van der Waals surface area contributed by atoms with Crippen molar-refractivity contribution in [3.63, 3.8) is 0 Å². The van der Waals surface area contributed by atoms with Crippen LogP contribution in [0.25, 0.3) is 16.9 Å². The standard InChI is InChI=1S/C20H15FN4O3/c21-24(12-13-7-3-1-4-8-13)19(27)17-18(26)20(28)25-16(22-17)11-15(23-25)14-9-5-2-6-10-14/h1-11,23,26H,12H2. The fourth-order valence-electron chi connectivity index (χ4n) is 2.86. The van der Waals surface area contributed by atoms with Gasteiger partial charge in [0.25, 0.3) is 0 Å². The number of benzene rings is 2. The summed E-state index contributed by atoms with van der Waals surface area (Å²) >= 11 is 0. The Morgan fingerprint density at radius 3 is 2.43 bits per heavy atom. The minimum atomic E-state index is -1.19. The summed E-state index contributed by atoms with van der Waals surface area (Å²) in [6.07, 6.45) is 0. The molecule has 2 heterocycles. The van der Waals surface area contributed by atoms with Gasteiger partial charge in [-0.2, -0.15) is 9.64 Å². The molecule has 2 aromatic carbocycles. The highest BCUT2D eigenvalue weighted by atomic mass is 19.2. The second-order valence-electron chi connectivity index (χ2n) is 6.15. The largest absolute Gasteiger partial charge is 0.501 e. The molecule has 0 unspecified atom stereocenters. The number of fused-ring (bicyclic) bond motifs is 1. The molecule has 0 aliphatic heterocycles. The van der Waals surface area contributed by atoms with E-state index in [0.717, 1.165) is 10.1 Å². The first-order valence-electron chi connectivity index (χ1n) is 8.46. The third-order valence-corrected chi connectivity index (χ3v) is 4.26. The van der Waals surface area contributed by atoms with Gasteiger partial charge in [0, 0.05) is 6.07 Å². The molecule has 0 radical (unpaired) electrons. The molecule has 0 saturated carbocycles. The monoisotopic (exact) mass is 378 g/mol. The summed E-state index contributed by atoms with van der Waals surface area (Å²) in [5.41, 5.74) is 0.485. The molecule has 1 amide bonds. The topological polar surface area (TPSA) is 90.7 Å². The van der Waals surface area contributed by atoms with Crippen molar-refractivity contribution in [2.45, 2.75) is 6.54 Å². The molecule has 0 spiro atoms. The highest BCUT2D eigenvalue weighted by Gasteiger charge is 2.25. The molecule has 0 fully saturated rings. The molecule has 0 atom stereocenters. The number of halogens is 1. The highest BCUT2D eigenvalue weighted by Crippen LogP contribution is 2.20. The van der Waals surface area contributed by atoms with Crippen LogP contribution in [0.15, 0.2) is 71.5 Å². The first-order valence-corrected chi connectivity index (χ1v) is 8.46. The second-order valence-corrected chi connectivity index (χ2v) is 6.15.